The van der Waals surface area contributed by atoms with Crippen molar-refractivity contribution in [2.45, 2.75) is 0 Å². The summed E-state index contributed by atoms with van der Waals surface area (Å²) in [5.74, 6) is 0. The highest BCUT2D eigenvalue weighted by Gasteiger charge is 2.11. The van der Waals surface area contributed by atoms with E-state index < -0.39 is 0 Å². The highest BCUT2D eigenvalue weighted by Crippen LogP contribution is 2.27. The van der Waals surface area contributed by atoms with Crippen LogP contribution >= 0.6 is 15.9 Å². The molecule has 2 aromatic rings. The number of hydrogen-bond acceptors (Lipinski definition) is 5. The zero-order valence-corrected chi connectivity index (χ0v) is 12.3. The van der Waals surface area contributed by atoms with E-state index in [1.54, 1.807) is 38.4 Å². The molecule has 7 nitrogen and oxygen atoms in total. The maximum absolute atomic E-state index is 11.8. The minimum Gasteiger partial charge on any atom is -0.295 e. The van der Waals surface area contributed by atoms with Crippen LogP contribution in [0.1, 0.15) is 0 Å². The van der Waals surface area contributed by atoms with Crippen LogP contribution in [0.15, 0.2) is 26.5 Å². The molecule has 1 aromatic heterocycles. The molecule has 0 spiro atoms. The number of rotatable bonds is 2. The fourth-order valence-corrected chi connectivity index (χ4v) is 2.22. The molecule has 0 saturated heterocycles. The lowest BCUT2D eigenvalue weighted by molar-refractivity contribution is 0.795. The number of imidazole rings is 1. The number of fused-ring (bicyclic) bond motifs is 1. The zero-order valence-electron chi connectivity index (χ0n) is 10.7. The van der Waals surface area contributed by atoms with Crippen LogP contribution in [-0.4, -0.2) is 14.8 Å². The van der Waals surface area contributed by atoms with Gasteiger partial charge in [0.15, 0.2) is 0 Å². The van der Waals surface area contributed by atoms with E-state index in [-0.39, 0.29) is 11.4 Å². The molecule has 1 N–H and O–H groups in total. The highest BCUT2D eigenvalue weighted by atomic mass is 79.9. The van der Waals surface area contributed by atoms with Crippen LogP contribution in [0.5, 0.6) is 0 Å². The standard InChI is InChI=1S/C12H9BrN6O/c1-18-10-3-8(13)9(17-16-7(5-14)6-15)4-11(10)19(2)12(18)20/h3-4,17H,1-2H3. The third-order valence-corrected chi connectivity index (χ3v) is 3.52. The summed E-state index contributed by atoms with van der Waals surface area (Å²) >= 11 is 3.36. The molecule has 0 saturated carbocycles. The van der Waals surface area contributed by atoms with E-state index in [9.17, 15) is 4.79 Å². The lowest BCUT2D eigenvalue weighted by Crippen LogP contribution is -2.19. The van der Waals surface area contributed by atoms with Gasteiger partial charge in [0, 0.05) is 18.6 Å². The molecule has 2 rings (SSSR count). The summed E-state index contributed by atoms with van der Waals surface area (Å²) in [5, 5.41) is 20.9. The predicted octanol–water partition coefficient (Wildman–Crippen LogP) is 1.45. The number of anilines is 1. The Bertz CT molecular complexity index is 845. The predicted molar refractivity (Wildman–Crippen MR) is 78.1 cm³/mol. The van der Waals surface area contributed by atoms with Crippen molar-refractivity contribution in [3.8, 4) is 12.1 Å². The van der Waals surface area contributed by atoms with E-state index in [1.165, 1.54) is 9.13 Å². The SMILES string of the molecule is Cn1c(=O)n(C)c2cc(NN=C(C#N)C#N)c(Br)cc21. The topological polar surface area (TPSA) is 98.9 Å². The number of hydrogen-bond donors (Lipinski definition) is 1. The Hall–Kier alpha value is -2.58. The van der Waals surface area contributed by atoms with E-state index in [1.807, 2.05) is 0 Å². The van der Waals surface area contributed by atoms with Gasteiger partial charge in [0.25, 0.3) is 0 Å². The van der Waals surface area contributed by atoms with E-state index >= 15 is 0 Å². The first-order chi connectivity index (χ1) is 9.49. The minimum atomic E-state index is -0.279. The molecule has 100 valence electrons. The summed E-state index contributed by atoms with van der Waals surface area (Å²) in [5.41, 5.74) is 4.26. The quantitative estimate of drug-likeness (QED) is 0.664. The van der Waals surface area contributed by atoms with Crippen LogP contribution in [-0.2, 0) is 14.1 Å². The molecule has 8 heteroatoms. The van der Waals surface area contributed by atoms with Gasteiger partial charge in [-0.25, -0.2) is 4.79 Å². The lowest BCUT2D eigenvalue weighted by Gasteiger charge is -2.05. The number of halogens is 1. The molecule has 0 radical (unpaired) electrons. The van der Waals surface area contributed by atoms with Gasteiger partial charge in [0.1, 0.15) is 12.1 Å². The van der Waals surface area contributed by atoms with Gasteiger partial charge >= 0.3 is 5.69 Å². The number of nitrogens with zero attached hydrogens (tertiary/aromatic N) is 5. The number of aryl methyl sites for hydroxylation is 2. The van der Waals surface area contributed by atoms with Gasteiger partial charge < -0.3 is 0 Å². The molecule has 20 heavy (non-hydrogen) atoms. The van der Waals surface area contributed by atoms with Crippen molar-refractivity contribution in [1.29, 1.82) is 10.5 Å². The molecule has 0 bridgehead atoms. The summed E-state index contributed by atoms with van der Waals surface area (Å²) in [6.07, 6.45) is 0. The van der Waals surface area contributed by atoms with Crippen molar-refractivity contribution < 1.29 is 0 Å². The first-order valence-corrected chi connectivity index (χ1v) is 6.27. The van der Waals surface area contributed by atoms with Crippen molar-refractivity contribution in [3.63, 3.8) is 0 Å². The van der Waals surface area contributed by atoms with Crippen molar-refractivity contribution in [2.75, 3.05) is 5.43 Å². The molecule has 0 aliphatic rings. The summed E-state index contributed by atoms with van der Waals surface area (Å²) in [6.45, 7) is 0. The summed E-state index contributed by atoms with van der Waals surface area (Å²) < 4.78 is 3.71. The average Bonchev–Trinajstić information content (AvgIpc) is 2.65. The summed E-state index contributed by atoms with van der Waals surface area (Å²) in [6, 6.07) is 6.80. The van der Waals surface area contributed by atoms with Crippen molar-refractivity contribution in [1.82, 2.24) is 9.13 Å². The molecule has 0 unspecified atom stereocenters. The van der Waals surface area contributed by atoms with Gasteiger partial charge in [-0.1, -0.05) is 0 Å². The molecule has 0 aliphatic heterocycles. The number of nitrogens with one attached hydrogen (secondary N) is 1. The highest BCUT2D eigenvalue weighted by molar-refractivity contribution is 9.10. The fourth-order valence-electron chi connectivity index (χ4n) is 1.80. The van der Waals surface area contributed by atoms with Gasteiger partial charge in [-0.05, 0) is 28.1 Å². The van der Waals surface area contributed by atoms with Crippen LogP contribution in [0, 0.1) is 22.7 Å². The third kappa shape index (κ3) is 2.17. The first-order valence-electron chi connectivity index (χ1n) is 5.48. The Balaban J connectivity index is 2.58. The Morgan fingerprint density at radius 2 is 1.80 bits per heavy atom. The zero-order chi connectivity index (χ0) is 14.9. The second-order valence-corrected chi connectivity index (χ2v) is 4.87. The Labute approximate surface area is 122 Å². The van der Waals surface area contributed by atoms with Gasteiger partial charge in [-0.15, -0.1) is 0 Å². The number of hydrazone groups is 1. The minimum absolute atomic E-state index is 0.137. The van der Waals surface area contributed by atoms with Crippen LogP contribution < -0.4 is 11.1 Å². The maximum Gasteiger partial charge on any atom is 0.328 e. The Morgan fingerprint density at radius 3 is 2.35 bits per heavy atom. The second kappa shape index (κ2) is 5.19. The number of benzene rings is 1. The molecule has 1 heterocycles. The summed E-state index contributed by atoms with van der Waals surface area (Å²) in [4.78, 5) is 11.8. The van der Waals surface area contributed by atoms with E-state index in [0.29, 0.717) is 15.7 Å². The molecule has 0 amide bonds. The van der Waals surface area contributed by atoms with Crippen LogP contribution in [0.2, 0.25) is 0 Å². The number of nitriles is 2. The van der Waals surface area contributed by atoms with Crippen molar-refractivity contribution >= 4 is 38.4 Å². The second-order valence-electron chi connectivity index (χ2n) is 4.02. The van der Waals surface area contributed by atoms with Crippen LogP contribution in [0.4, 0.5) is 5.69 Å². The van der Waals surface area contributed by atoms with Gasteiger partial charge in [-0.3, -0.25) is 14.6 Å². The Kier molecular flexibility index (Phi) is 3.59. The lowest BCUT2D eigenvalue weighted by atomic mass is 10.3. The molecular weight excluding hydrogens is 324 g/mol. The molecule has 0 fully saturated rings. The van der Waals surface area contributed by atoms with E-state index in [2.05, 4.69) is 26.5 Å². The number of aromatic nitrogens is 2. The van der Waals surface area contributed by atoms with Gasteiger partial charge in [0.2, 0.25) is 5.71 Å². The molecular formula is C12H9BrN6O. The molecule has 0 aliphatic carbocycles. The monoisotopic (exact) mass is 332 g/mol. The molecule has 1 aromatic carbocycles. The van der Waals surface area contributed by atoms with Crippen molar-refractivity contribution in [3.05, 3.63) is 27.1 Å². The van der Waals surface area contributed by atoms with E-state index in [4.69, 9.17) is 10.5 Å². The normalized spacial score (nSPS) is 9.85. The first kappa shape index (κ1) is 13.8. The Morgan fingerprint density at radius 1 is 1.25 bits per heavy atom. The third-order valence-electron chi connectivity index (χ3n) is 2.86. The van der Waals surface area contributed by atoms with Gasteiger partial charge in [0.05, 0.1) is 16.7 Å². The smallest absolute Gasteiger partial charge is 0.295 e. The molecule has 0 atom stereocenters. The fraction of sp³-hybridized carbons (Fsp3) is 0.167. The van der Waals surface area contributed by atoms with Crippen LogP contribution in [0.3, 0.4) is 0 Å². The maximum atomic E-state index is 11.8. The van der Waals surface area contributed by atoms with Crippen LogP contribution in [0.25, 0.3) is 11.0 Å². The summed E-state index contributed by atoms with van der Waals surface area (Å²) in [7, 11) is 3.35. The largest absolute Gasteiger partial charge is 0.328 e. The van der Waals surface area contributed by atoms with Gasteiger partial charge in [-0.2, -0.15) is 15.6 Å². The van der Waals surface area contributed by atoms with E-state index in [0.717, 1.165) is 5.52 Å². The average molecular weight is 333 g/mol. The van der Waals surface area contributed by atoms with Crippen molar-refractivity contribution in [2.24, 2.45) is 19.2 Å².